The van der Waals surface area contributed by atoms with E-state index in [1.54, 1.807) is 0 Å². The molecule has 1 atom stereocenters. The molecule has 1 amide bonds. The van der Waals surface area contributed by atoms with Crippen molar-refractivity contribution in [3.63, 3.8) is 0 Å². The molecule has 11 heavy (non-hydrogen) atoms. The molecule has 1 N–H and O–H groups in total. The highest BCUT2D eigenvalue weighted by atomic mass is 16.2. The second-order valence-electron chi connectivity index (χ2n) is 3.54. The second-order valence-corrected chi connectivity index (χ2v) is 3.54. The Morgan fingerprint density at radius 2 is 2.36 bits per heavy atom. The molecule has 1 fully saturated rings. The van der Waals surface area contributed by atoms with Crippen molar-refractivity contribution in [2.75, 3.05) is 0 Å². The van der Waals surface area contributed by atoms with Gasteiger partial charge in [-0.15, -0.1) is 0 Å². The monoisotopic (exact) mass is 152 g/mol. The third-order valence-electron chi connectivity index (χ3n) is 2.77. The summed E-state index contributed by atoms with van der Waals surface area (Å²) in [4.78, 5) is 11.3. The van der Waals surface area contributed by atoms with Crippen molar-refractivity contribution in [2.45, 2.75) is 32.6 Å². The Bertz CT molecular complexity index is 234. The minimum Gasteiger partial charge on any atom is -0.272 e. The van der Waals surface area contributed by atoms with Crippen LogP contribution in [0.4, 0.5) is 0 Å². The highest BCUT2D eigenvalue weighted by molar-refractivity contribution is 6.12. The Hall–Kier alpha value is -0.860. The van der Waals surface area contributed by atoms with E-state index < -0.39 is 0 Å². The third kappa shape index (κ3) is 0.800. The minimum absolute atomic E-state index is 0.0900. The van der Waals surface area contributed by atoms with E-state index in [1.807, 2.05) is 6.92 Å². The molecule has 3 nitrogen and oxygen atoms in total. The fraction of sp³-hybridized carbons (Fsp3) is 0.750. The number of rotatable bonds is 0. The number of hydrogen-bond acceptors (Lipinski definition) is 2. The Morgan fingerprint density at radius 1 is 1.55 bits per heavy atom. The van der Waals surface area contributed by atoms with Crippen LogP contribution in [0.5, 0.6) is 0 Å². The van der Waals surface area contributed by atoms with Crippen molar-refractivity contribution in [1.29, 1.82) is 0 Å². The van der Waals surface area contributed by atoms with Crippen molar-refractivity contribution in [1.82, 2.24) is 5.43 Å². The number of hydrogen-bond donors (Lipinski definition) is 1. The highest BCUT2D eigenvalue weighted by Crippen LogP contribution is 2.36. The van der Waals surface area contributed by atoms with Crippen LogP contribution in [0.3, 0.4) is 0 Å². The molecule has 0 aromatic heterocycles. The van der Waals surface area contributed by atoms with Crippen LogP contribution in [0.25, 0.3) is 0 Å². The van der Waals surface area contributed by atoms with Crippen LogP contribution in [0.1, 0.15) is 32.6 Å². The lowest BCUT2D eigenvalue weighted by Crippen LogP contribution is -2.37. The fourth-order valence-electron chi connectivity index (χ4n) is 1.86. The van der Waals surface area contributed by atoms with Crippen LogP contribution in [-0.4, -0.2) is 11.6 Å². The number of nitrogens with zero attached hydrogens (tertiary/aromatic N) is 1. The van der Waals surface area contributed by atoms with Gasteiger partial charge in [-0.25, -0.2) is 5.43 Å². The Labute approximate surface area is 65.9 Å². The molecule has 2 rings (SSSR count). The number of fused-ring (bicyclic) bond motifs is 1. The third-order valence-corrected chi connectivity index (χ3v) is 2.77. The largest absolute Gasteiger partial charge is 0.272 e. The first-order valence-electron chi connectivity index (χ1n) is 4.11. The van der Waals surface area contributed by atoms with Gasteiger partial charge in [0.2, 0.25) is 0 Å². The highest BCUT2D eigenvalue weighted by Gasteiger charge is 2.43. The van der Waals surface area contributed by atoms with E-state index in [2.05, 4.69) is 10.5 Å². The molecule has 0 bridgehead atoms. The molecule has 0 aromatic carbocycles. The molecule has 1 aliphatic carbocycles. The van der Waals surface area contributed by atoms with Gasteiger partial charge in [-0.1, -0.05) is 6.42 Å². The second kappa shape index (κ2) is 2.06. The van der Waals surface area contributed by atoms with E-state index >= 15 is 0 Å². The van der Waals surface area contributed by atoms with Crippen molar-refractivity contribution >= 4 is 11.6 Å². The fourth-order valence-corrected chi connectivity index (χ4v) is 1.86. The SMILES string of the molecule is CC12CCCCC1=NNC2=O. The summed E-state index contributed by atoms with van der Waals surface area (Å²) >= 11 is 0. The molecule has 1 unspecified atom stereocenters. The Morgan fingerprint density at radius 3 is 3.09 bits per heavy atom. The summed E-state index contributed by atoms with van der Waals surface area (Å²) in [7, 11) is 0. The van der Waals surface area contributed by atoms with Gasteiger partial charge in [0.25, 0.3) is 5.91 Å². The summed E-state index contributed by atoms with van der Waals surface area (Å²) < 4.78 is 0. The summed E-state index contributed by atoms with van der Waals surface area (Å²) in [5.41, 5.74) is 3.36. The number of amides is 1. The summed E-state index contributed by atoms with van der Waals surface area (Å²) in [5.74, 6) is 0.0900. The summed E-state index contributed by atoms with van der Waals surface area (Å²) in [6.07, 6.45) is 4.30. The summed E-state index contributed by atoms with van der Waals surface area (Å²) in [5, 5.41) is 4.03. The van der Waals surface area contributed by atoms with Crippen LogP contribution < -0.4 is 5.43 Å². The molecule has 1 aliphatic heterocycles. The summed E-state index contributed by atoms with van der Waals surface area (Å²) in [6.45, 7) is 1.99. The maximum atomic E-state index is 11.3. The zero-order chi connectivity index (χ0) is 7.90. The van der Waals surface area contributed by atoms with Gasteiger partial charge in [-0.3, -0.25) is 4.79 Å². The maximum Gasteiger partial charge on any atom is 0.251 e. The quantitative estimate of drug-likeness (QED) is 0.554. The molecule has 0 radical (unpaired) electrons. The van der Waals surface area contributed by atoms with Gasteiger partial charge in [0.1, 0.15) is 0 Å². The predicted octanol–water partition coefficient (Wildman–Crippen LogP) is 1.05. The van der Waals surface area contributed by atoms with Crippen LogP contribution in [0.2, 0.25) is 0 Å². The van der Waals surface area contributed by atoms with Gasteiger partial charge in [-0.2, -0.15) is 5.10 Å². The molecule has 3 heteroatoms. The lowest BCUT2D eigenvalue weighted by molar-refractivity contribution is -0.126. The van der Waals surface area contributed by atoms with Crippen LogP contribution >= 0.6 is 0 Å². The van der Waals surface area contributed by atoms with E-state index in [4.69, 9.17) is 0 Å². The zero-order valence-corrected chi connectivity index (χ0v) is 6.68. The van der Waals surface area contributed by atoms with E-state index in [9.17, 15) is 4.79 Å². The van der Waals surface area contributed by atoms with Gasteiger partial charge in [0, 0.05) is 0 Å². The standard InChI is InChI=1S/C8H12N2O/c1-8-5-3-2-4-6(8)9-10-7(8)11/h2-5H2,1H3,(H,10,11). The Kier molecular flexibility index (Phi) is 1.28. The van der Waals surface area contributed by atoms with Crippen molar-refractivity contribution in [3.05, 3.63) is 0 Å². The molecule has 0 saturated heterocycles. The Balaban J connectivity index is 2.32. The number of nitrogens with one attached hydrogen (secondary N) is 1. The normalized spacial score (nSPS) is 36.1. The average Bonchev–Trinajstić information content (AvgIpc) is 2.29. The van der Waals surface area contributed by atoms with Gasteiger partial charge < -0.3 is 0 Å². The first-order chi connectivity index (χ1) is 5.23. The number of hydrazone groups is 1. The maximum absolute atomic E-state index is 11.3. The molecular formula is C8H12N2O. The lowest BCUT2D eigenvalue weighted by Gasteiger charge is -2.26. The van der Waals surface area contributed by atoms with Crippen molar-refractivity contribution < 1.29 is 4.79 Å². The number of carbonyl (C=O) groups is 1. The van der Waals surface area contributed by atoms with Crippen LogP contribution in [-0.2, 0) is 4.79 Å². The smallest absolute Gasteiger partial charge is 0.251 e. The first-order valence-corrected chi connectivity index (χ1v) is 4.11. The molecule has 1 saturated carbocycles. The lowest BCUT2D eigenvalue weighted by atomic mass is 9.74. The van der Waals surface area contributed by atoms with Gasteiger partial charge in [-0.05, 0) is 26.2 Å². The van der Waals surface area contributed by atoms with Crippen molar-refractivity contribution in [2.24, 2.45) is 10.5 Å². The van der Waals surface area contributed by atoms with Crippen LogP contribution in [0, 0.1) is 5.41 Å². The molecule has 0 spiro atoms. The molecular weight excluding hydrogens is 140 g/mol. The van der Waals surface area contributed by atoms with Crippen LogP contribution in [0.15, 0.2) is 5.10 Å². The van der Waals surface area contributed by atoms with Gasteiger partial charge in [0.15, 0.2) is 0 Å². The number of carbonyl (C=O) groups excluding carboxylic acids is 1. The van der Waals surface area contributed by atoms with Gasteiger partial charge in [0.05, 0.1) is 11.1 Å². The predicted molar refractivity (Wildman–Crippen MR) is 42.2 cm³/mol. The first kappa shape index (κ1) is 6.83. The summed E-state index contributed by atoms with van der Waals surface area (Å²) in [6, 6.07) is 0. The molecule has 1 heterocycles. The minimum atomic E-state index is -0.252. The van der Waals surface area contributed by atoms with Crippen molar-refractivity contribution in [3.8, 4) is 0 Å². The van der Waals surface area contributed by atoms with E-state index in [-0.39, 0.29) is 11.3 Å². The van der Waals surface area contributed by atoms with E-state index in [0.29, 0.717) is 0 Å². The van der Waals surface area contributed by atoms with Gasteiger partial charge >= 0.3 is 0 Å². The molecule has 0 aromatic rings. The van der Waals surface area contributed by atoms with E-state index in [0.717, 1.165) is 25.0 Å². The molecule has 2 aliphatic rings. The topological polar surface area (TPSA) is 41.5 Å². The average molecular weight is 152 g/mol. The zero-order valence-electron chi connectivity index (χ0n) is 6.68. The van der Waals surface area contributed by atoms with E-state index in [1.165, 1.54) is 6.42 Å². The molecule has 60 valence electrons.